The lowest BCUT2D eigenvalue weighted by Crippen LogP contribution is -2.37. The van der Waals surface area contributed by atoms with Crippen molar-refractivity contribution in [2.24, 2.45) is 0 Å². The molecule has 5 rings (SSSR count). The van der Waals surface area contributed by atoms with E-state index in [9.17, 15) is 0 Å². The lowest BCUT2D eigenvalue weighted by molar-refractivity contribution is 0.0980. The van der Waals surface area contributed by atoms with Gasteiger partial charge in [-0.1, -0.05) is 40.2 Å². The van der Waals surface area contributed by atoms with Crippen LogP contribution in [0.15, 0.2) is 53.0 Å². The first-order valence-corrected chi connectivity index (χ1v) is 11.2. The van der Waals surface area contributed by atoms with Gasteiger partial charge in [-0.15, -0.1) is 5.10 Å². The number of nitrogens with one attached hydrogen (secondary N) is 1. The molecule has 0 radical (unpaired) electrons. The molecule has 2 aromatic heterocycles. The quantitative estimate of drug-likeness (QED) is 0.453. The molecule has 4 aromatic rings. The maximum Gasteiger partial charge on any atom is 0.179 e. The van der Waals surface area contributed by atoms with Crippen molar-refractivity contribution in [1.29, 1.82) is 0 Å². The van der Waals surface area contributed by atoms with Gasteiger partial charge in [-0.25, -0.2) is 5.10 Å². The molecule has 7 nitrogen and oxygen atoms in total. The molecular weight excluding hydrogens is 456 g/mol. The zero-order chi connectivity index (χ0) is 21.2. The van der Waals surface area contributed by atoms with Crippen LogP contribution in [0.1, 0.15) is 24.1 Å². The number of tetrazole rings is 1. The number of hydrogen-bond acceptors (Lipinski definition) is 6. The second-order valence-electron chi connectivity index (χ2n) is 7.92. The van der Waals surface area contributed by atoms with Crippen LogP contribution in [0.5, 0.6) is 5.75 Å². The first-order chi connectivity index (χ1) is 15.2. The molecule has 0 spiro atoms. The Morgan fingerprint density at radius 3 is 2.77 bits per heavy atom. The summed E-state index contributed by atoms with van der Waals surface area (Å²) in [6.45, 7) is 4.85. The van der Waals surface area contributed by atoms with Crippen molar-refractivity contribution < 1.29 is 4.74 Å². The fourth-order valence-corrected chi connectivity index (χ4v) is 4.52. The molecule has 3 heterocycles. The third kappa shape index (κ3) is 4.45. The first kappa shape index (κ1) is 20.1. The summed E-state index contributed by atoms with van der Waals surface area (Å²) in [6, 6.07) is 16.5. The summed E-state index contributed by atoms with van der Waals surface area (Å²) in [6.07, 6.45) is 2.18. The van der Waals surface area contributed by atoms with E-state index in [1.165, 1.54) is 5.56 Å². The summed E-state index contributed by atoms with van der Waals surface area (Å²) in [5.74, 6) is 1.63. The minimum absolute atomic E-state index is 0.203. The van der Waals surface area contributed by atoms with Gasteiger partial charge in [0.1, 0.15) is 11.9 Å². The third-order valence-corrected chi connectivity index (χ3v) is 6.19. The van der Waals surface area contributed by atoms with Crippen molar-refractivity contribution in [1.82, 2.24) is 30.5 Å². The van der Waals surface area contributed by atoms with Gasteiger partial charge in [-0.3, -0.25) is 9.88 Å². The number of pyridine rings is 1. The second-order valence-corrected chi connectivity index (χ2v) is 8.84. The molecule has 2 aromatic carbocycles. The second kappa shape index (κ2) is 8.72. The van der Waals surface area contributed by atoms with Gasteiger partial charge < -0.3 is 4.74 Å². The number of aromatic nitrogens is 5. The number of hydrogen-bond donors (Lipinski definition) is 1. The Morgan fingerprint density at radius 2 is 1.97 bits per heavy atom. The highest BCUT2D eigenvalue weighted by molar-refractivity contribution is 9.10. The van der Waals surface area contributed by atoms with Gasteiger partial charge in [-0.2, -0.15) is 0 Å². The van der Waals surface area contributed by atoms with Crippen LogP contribution in [0, 0.1) is 6.92 Å². The Labute approximate surface area is 189 Å². The van der Waals surface area contributed by atoms with Gasteiger partial charge in [-0.05, 0) is 54.0 Å². The maximum atomic E-state index is 6.47. The fourth-order valence-electron chi connectivity index (χ4n) is 4.16. The SMILES string of the molecule is Cc1cc(OC2CCN(Cc3ccccc3-c3nnn[nH]3)CC2)c2cc(Br)ccc2n1. The van der Waals surface area contributed by atoms with Gasteiger partial charge in [0.25, 0.3) is 0 Å². The van der Waals surface area contributed by atoms with Gasteiger partial charge in [0.05, 0.1) is 5.52 Å². The number of aryl methyl sites for hydroxylation is 1. The average Bonchev–Trinajstić information content (AvgIpc) is 3.31. The molecule has 0 saturated carbocycles. The number of benzene rings is 2. The number of halogens is 1. The highest BCUT2D eigenvalue weighted by Crippen LogP contribution is 2.31. The van der Waals surface area contributed by atoms with E-state index in [0.29, 0.717) is 5.82 Å². The van der Waals surface area contributed by atoms with Crippen molar-refractivity contribution in [2.45, 2.75) is 32.4 Å². The van der Waals surface area contributed by atoms with E-state index in [4.69, 9.17) is 4.74 Å². The highest BCUT2D eigenvalue weighted by Gasteiger charge is 2.22. The van der Waals surface area contributed by atoms with Crippen molar-refractivity contribution in [3.05, 3.63) is 64.3 Å². The molecule has 0 atom stereocenters. The molecule has 1 fully saturated rings. The summed E-state index contributed by atoms with van der Waals surface area (Å²) in [4.78, 5) is 7.10. The predicted molar refractivity (Wildman–Crippen MR) is 123 cm³/mol. The van der Waals surface area contributed by atoms with Crippen LogP contribution in [-0.4, -0.2) is 49.7 Å². The average molecular weight is 479 g/mol. The highest BCUT2D eigenvalue weighted by atomic mass is 79.9. The number of rotatable bonds is 5. The molecule has 1 N–H and O–H groups in total. The molecule has 31 heavy (non-hydrogen) atoms. The van der Waals surface area contributed by atoms with E-state index in [1.54, 1.807) is 0 Å². The Balaban J connectivity index is 1.26. The Kier molecular flexibility index (Phi) is 5.65. The first-order valence-electron chi connectivity index (χ1n) is 10.4. The number of H-pyrrole nitrogens is 1. The van der Waals surface area contributed by atoms with Gasteiger partial charge in [0, 0.05) is 46.8 Å². The predicted octanol–water partition coefficient (Wildman–Crippen LogP) is 4.53. The smallest absolute Gasteiger partial charge is 0.179 e. The Morgan fingerprint density at radius 1 is 1.13 bits per heavy atom. The zero-order valence-corrected chi connectivity index (χ0v) is 18.8. The number of likely N-dealkylation sites (tertiary alicyclic amines) is 1. The summed E-state index contributed by atoms with van der Waals surface area (Å²) < 4.78 is 7.50. The molecule has 1 aliphatic heterocycles. The largest absolute Gasteiger partial charge is 0.490 e. The van der Waals surface area contributed by atoms with E-state index in [1.807, 2.05) is 31.2 Å². The van der Waals surface area contributed by atoms with Crippen molar-refractivity contribution in [3.63, 3.8) is 0 Å². The zero-order valence-electron chi connectivity index (χ0n) is 17.3. The third-order valence-electron chi connectivity index (χ3n) is 5.70. The van der Waals surface area contributed by atoms with Crippen molar-refractivity contribution >= 4 is 26.8 Å². The normalized spacial score (nSPS) is 15.4. The van der Waals surface area contributed by atoms with E-state index in [2.05, 4.69) is 70.7 Å². The summed E-state index contributed by atoms with van der Waals surface area (Å²) >= 11 is 3.57. The molecule has 158 valence electrons. The summed E-state index contributed by atoms with van der Waals surface area (Å²) in [5, 5.41) is 15.4. The van der Waals surface area contributed by atoms with Gasteiger partial charge in [0.2, 0.25) is 0 Å². The monoisotopic (exact) mass is 478 g/mol. The van der Waals surface area contributed by atoms with Crippen LogP contribution >= 0.6 is 15.9 Å². The van der Waals surface area contributed by atoms with E-state index in [0.717, 1.165) is 64.9 Å². The van der Waals surface area contributed by atoms with Crippen LogP contribution in [0.4, 0.5) is 0 Å². The van der Waals surface area contributed by atoms with Gasteiger partial charge in [0.15, 0.2) is 5.82 Å². The molecular formula is C23H23BrN6O. The number of ether oxygens (including phenoxy) is 1. The summed E-state index contributed by atoms with van der Waals surface area (Å²) in [5.41, 5.74) is 4.21. The van der Waals surface area contributed by atoms with E-state index in [-0.39, 0.29) is 6.10 Å². The summed E-state index contributed by atoms with van der Waals surface area (Å²) in [7, 11) is 0. The van der Waals surface area contributed by atoms with Crippen LogP contribution in [0.2, 0.25) is 0 Å². The van der Waals surface area contributed by atoms with Crippen molar-refractivity contribution in [3.8, 4) is 17.1 Å². The molecule has 1 aliphatic rings. The van der Waals surface area contributed by atoms with E-state index >= 15 is 0 Å². The molecule has 0 amide bonds. The van der Waals surface area contributed by atoms with E-state index < -0.39 is 0 Å². The minimum Gasteiger partial charge on any atom is -0.490 e. The van der Waals surface area contributed by atoms with Gasteiger partial charge >= 0.3 is 0 Å². The Hall–Kier alpha value is -2.84. The Bertz CT molecular complexity index is 1190. The maximum absolute atomic E-state index is 6.47. The van der Waals surface area contributed by atoms with Crippen LogP contribution in [-0.2, 0) is 6.54 Å². The minimum atomic E-state index is 0.203. The number of aromatic amines is 1. The molecule has 8 heteroatoms. The fraction of sp³-hybridized carbons (Fsp3) is 0.304. The topological polar surface area (TPSA) is 79.8 Å². The van der Waals surface area contributed by atoms with Crippen LogP contribution < -0.4 is 4.74 Å². The molecule has 0 unspecified atom stereocenters. The molecule has 1 saturated heterocycles. The van der Waals surface area contributed by atoms with Crippen molar-refractivity contribution in [2.75, 3.05) is 13.1 Å². The lowest BCUT2D eigenvalue weighted by Gasteiger charge is -2.32. The molecule has 0 aliphatic carbocycles. The standard InChI is InChI=1S/C23H23BrN6O/c1-15-12-22(20-13-17(24)6-7-21(20)25-15)31-18-8-10-30(11-9-18)14-16-4-2-3-5-19(16)23-26-28-29-27-23/h2-7,12-13,18H,8-11,14H2,1H3,(H,26,27,28,29). The van der Waals surface area contributed by atoms with Crippen LogP contribution in [0.3, 0.4) is 0 Å². The van der Waals surface area contributed by atoms with Crippen LogP contribution in [0.25, 0.3) is 22.3 Å². The number of piperidine rings is 1. The number of nitrogens with zero attached hydrogens (tertiary/aromatic N) is 5. The lowest BCUT2D eigenvalue weighted by atomic mass is 10.0. The number of fused-ring (bicyclic) bond motifs is 1. The molecule has 0 bridgehead atoms.